The third kappa shape index (κ3) is 2.88. The Labute approximate surface area is 112 Å². The van der Waals surface area contributed by atoms with Crippen molar-refractivity contribution in [1.29, 1.82) is 0 Å². The van der Waals surface area contributed by atoms with Gasteiger partial charge in [-0.05, 0) is 31.2 Å². The monoisotopic (exact) mass is 259 g/mol. The molecule has 0 atom stereocenters. The number of benzene rings is 1. The van der Waals surface area contributed by atoms with Gasteiger partial charge in [0.15, 0.2) is 5.82 Å². The van der Waals surface area contributed by atoms with Crippen molar-refractivity contribution in [3.8, 4) is 11.5 Å². The average Bonchev–Trinajstić information content (AvgIpc) is 2.43. The predicted molar refractivity (Wildman–Crippen MR) is 76.2 cm³/mol. The SMILES string of the molecule is COc1ccc(Nc2nc(C)ccc2N)c(OC)c1. The maximum Gasteiger partial charge on any atom is 0.153 e. The van der Waals surface area contributed by atoms with Crippen LogP contribution in [-0.2, 0) is 0 Å². The second kappa shape index (κ2) is 5.48. The number of hydrogen-bond acceptors (Lipinski definition) is 5. The highest BCUT2D eigenvalue weighted by atomic mass is 16.5. The highest BCUT2D eigenvalue weighted by molar-refractivity contribution is 5.72. The van der Waals surface area contributed by atoms with E-state index in [1.807, 2.05) is 31.2 Å². The fourth-order valence-corrected chi connectivity index (χ4v) is 1.70. The zero-order chi connectivity index (χ0) is 13.8. The standard InChI is InChI=1S/C14H17N3O2/c1-9-4-6-11(15)14(16-9)17-12-7-5-10(18-2)8-13(12)19-3/h4-8H,15H2,1-3H3,(H,16,17). The molecule has 0 unspecified atom stereocenters. The van der Waals surface area contributed by atoms with Gasteiger partial charge in [0.05, 0.1) is 25.6 Å². The minimum Gasteiger partial charge on any atom is -0.497 e. The minimum atomic E-state index is 0.587. The van der Waals surface area contributed by atoms with Gasteiger partial charge in [-0.2, -0.15) is 0 Å². The molecule has 0 aliphatic heterocycles. The van der Waals surface area contributed by atoms with Crippen molar-refractivity contribution < 1.29 is 9.47 Å². The number of rotatable bonds is 4. The highest BCUT2D eigenvalue weighted by Gasteiger charge is 2.08. The Kier molecular flexibility index (Phi) is 3.75. The van der Waals surface area contributed by atoms with Crippen molar-refractivity contribution >= 4 is 17.2 Å². The van der Waals surface area contributed by atoms with Crippen LogP contribution in [0.25, 0.3) is 0 Å². The van der Waals surface area contributed by atoms with Crippen LogP contribution in [0.3, 0.4) is 0 Å². The van der Waals surface area contributed by atoms with E-state index < -0.39 is 0 Å². The summed E-state index contributed by atoms with van der Waals surface area (Å²) in [6, 6.07) is 9.19. The quantitative estimate of drug-likeness (QED) is 0.883. The number of methoxy groups -OCH3 is 2. The van der Waals surface area contributed by atoms with E-state index >= 15 is 0 Å². The number of nitrogens with two attached hydrogens (primary N) is 1. The van der Waals surface area contributed by atoms with E-state index in [9.17, 15) is 0 Å². The summed E-state index contributed by atoms with van der Waals surface area (Å²) >= 11 is 0. The molecular weight excluding hydrogens is 242 g/mol. The van der Waals surface area contributed by atoms with Crippen LogP contribution in [0, 0.1) is 6.92 Å². The van der Waals surface area contributed by atoms with Crippen molar-refractivity contribution in [2.24, 2.45) is 0 Å². The molecule has 0 radical (unpaired) electrons. The highest BCUT2D eigenvalue weighted by Crippen LogP contribution is 2.32. The van der Waals surface area contributed by atoms with Gasteiger partial charge in [0, 0.05) is 11.8 Å². The third-order valence-corrected chi connectivity index (χ3v) is 2.73. The van der Waals surface area contributed by atoms with E-state index in [2.05, 4.69) is 10.3 Å². The maximum atomic E-state index is 5.89. The molecule has 0 fully saturated rings. The first-order valence-electron chi connectivity index (χ1n) is 5.86. The van der Waals surface area contributed by atoms with Crippen LogP contribution >= 0.6 is 0 Å². The first-order valence-corrected chi connectivity index (χ1v) is 5.86. The molecule has 100 valence electrons. The molecule has 2 aromatic rings. The molecule has 2 rings (SSSR count). The van der Waals surface area contributed by atoms with Crippen molar-refractivity contribution in [2.75, 3.05) is 25.3 Å². The summed E-state index contributed by atoms with van der Waals surface area (Å²) in [5, 5.41) is 3.17. The van der Waals surface area contributed by atoms with Crippen molar-refractivity contribution in [3.63, 3.8) is 0 Å². The lowest BCUT2D eigenvalue weighted by Gasteiger charge is -2.13. The van der Waals surface area contributed by atoms with Crippen LogP contribution in [0.4, 0.5) is 17.2 Å². The summed E-state index contributed by atoms with van der Waals surface area (Å²) < 4.78 is 10.5. The van der Waals surface area contributed by atoms with E-state index in [-0.39, 0.29) is 0 Å². The number of aryl methyl sites for hydroxylation is 1. The maximum absolute atomic E-state index is 5.89. The Morgan fingerprint density at radius 3 is 2.58 bits per heavy atom. The summed E-state index contributed by atoms with van der Waals surface area (Å²) in [6.07, 6.45) is 0. The van der Waals surface area contributed by atoms with Gasteiger partial charge in [-0.25, -0.2) is 4.98 Å². The lowest BCUT2D eigenvalue weighted by Crippen LogP contribution is -2.01. The van der Waals surface area contributed by atoms with Gasteiger partial charge in [-0.15, -0.1) is 0 Å². The van der Waals surface area contributed by atoms with E-state index in [1.165, 1.54) is 0 Å². The average molecular weight is 259 g/mol. The number of hydrogen-bond donors (Lipinski definition) is 2. The Bertz CT molecular complexity index is 585. The van der Waals surface area contributed by atoms with Crippen LogP contribution in [0.5, 0.6) is 11.5 Å². The molecule has 0 aliphatic carbocycles. The van der Waals surface area contributed by atoms with Crippen LogP contribution in [0.2, 0.25) is 0 Å². The minimum absolute atomic E-state index is 0.587. The summed E-state index contributed by atoms with van der Waals surface area (Å²) in [5.41, 5.74) is 8.16. The molecule has 1 heterocycles. The number of nitrogens with one attached hydrogen (secondary N) is 1. The van der Waals surface area contributed by atoms with Crippen LogP contribution < -0.4 is 20.5 Å². The molecule has 1 aromatic carbocycles. The second-order valence-electron chi connectivity index (χ2n) is 4.08. The van der Waals surface area contributed by atoms with E-state index in [0.29, 0.717) is 17.3 Å². The number of nitrogens with zero attached hydrogens (tertiary/aromatic N) is 1. The molecule has 0 saturated carbocycles. The van der Waals surface area contributed by atoms with E-state index in [1.54, 1.807) is 20.3 Å². The third-order valence-electron chi connectivity index (χ3n) is 2.73. The summed E-state index contributed by atoms with van der Waals surface area (Å²) in [5.74, 6) is 2.01. The summed E-state index contributed by atoms with van der Waals surface area (Å²) in [4.78, 5) is 4.36. The van der Waals surface area contributed by atoms with E-state index in [0.717, 1.165) is 17.1 Å². The van der Waals surface area contributed by atoms with Crippen LogP contribution in [0.1, 0.15) is 5.69 Å². The molecule has 0 amide bonds. The van der Waals surface area contributed by atoms with Crippen molar-refractivity contribution in [1.82, 2.24) is 4.98 Å². The van der Waals surface area contributed by atoms with Gasteiger partial charge in [-0.1, -0.05) is 0 Å². The van der Waals surface area contributed by atoms with Gasteiger partial charge in [0.2, 0.25) is 0 Å². The van der Waals surface area contributed by atoms with Gasteiger partial charge >= 0.3 is 0 Å². The number of anilines is 3. The molecule has 0 spiro atoms. The molecule has 0 bridgehead atoms. The zero-order valence-electron chi connectivity index (χ0n) is 11.2. The molecule has 3 N–H and O–H groups in total. The van der Waals surface area contributed by atoms with E-state index in [4.69, 9.17) is 15.2 Å². The number of ether oxygens (including phenoxy) is 2. The van der Waals surface area contributed by atoms with Gasteiger partial charge in [0.25, 0.3) is 0 Å². The molecule has 1 aromatic heterocycles. The normalized spacial score (nSPS) is 10.1. The largest absolute Gasteiger partial charge is 0.497 e. The van der Waals surface area contributed by atoms with Crippen LogP contribution in [0.15, 0.2) is 30.3 Å². The Morgan fingerprint density at radius 1 is 1.11 bits per heavy atom. The zero-order valence-corrected chi connectivity index (χ0v) is 11.2. The van der Waals surface area contributed by atoms with Crippen molar-refractivity contribution in [3.05, 3.63) is 36.0 Å². The predicted octanol–water partition coefficient (Wildman–Crippen LogP) is 2.73. The Balaban J connectivity index is 2.35. The second-order valence-corrected chi connectivity index (χ2v) is 4.08. The molecule has 5 nitrogen and oxygen atoms in total. The fraction of sp³-hybridized carbons (Fsp3) is 0.214. The smallest absolute Gasteiger partial charge is 0.153 e. The van der Waals surface area contributed by atoms with Crippen molar-refractivity contribution in [2.45, 2.75) is 6.92 Å². The summed E-state index contributed by atoms with van der Waals surface area (Å²) in [6.45, 7) is 1.91. The van der Waals surface area contributed by atoms with Gasteiger partial charge in [0.1, 0.15) is 11.5 Å². The molecular formula is C14H17N3O2. The first kappa shape index (κ1) is 13.0. The Morgan fingerprint density at radius 2 is 1.89 bits per heavy atom. The lowest BCUT2D eigenvalue weighted by atomic mass is 10.2. The van der Waals surface area contributed by atoms with Gasteiger partial charge < -0.3 is 20.5 Å². The summed E-state index contributed by atoms with van der Waals surface area (Å²) in [7, 11) is 3.22. The molecule has 19 heavy (non-hydrogen) atoms. The van der Waals surface area contributed by atoms with Crippen LogP contribution in [-0.4, -0.2) is 19.2 Å². The molecule has 0 aliphatic rings. The Hall–Kier alpha value is -2.43. The fourth-order valence-electron chi connectivity index (χ4n) is 1.70. The number of pyridine rings is 1. The number of aromatic nitrogens is 1. The lowest BCUT2D eigenvalue weighted by molar-refractivity contribution is 0.395. The topological polar surface area (TPSA) is 69.4 Å². The van der Waals surface area contributed by atoms with Gasteiger partial charge in [-0.3, -0.25) is 0 Å². The first-order chi connectivity index (χ1) is 9.13. The molecule has 0 saturated heterocycles. The molecule has 5 heteroatoms. The number of nitrogen functional groups attached to an aromatic ring is 1.